The van der Waals surface area contributed by atoms with E-state index in [4.69, 9.17) is 23.2 Å². The quantitative estimate of drug-likeness (QED) is 0.583. The van der Waals surface area contributed by atoms with Crippen LogP contribution in [0, 0.1) is 62.1 Å². The first-order valence-electron chi connectivity index (χ1n) is 3.54. The fourth-order valence-corrected chi connectivity index (χ4v) is 0.969. The van der Waals surface area contributed by atoms with E-state index in [0.717, 1.165) is 0 Å². The normalized spacial score (nSPS) is 23.5. The van der Waals surface area contributed by atoms with Gasteiger partial charge in [0.05, 0.1) is 10.8 Å². The van der Waals surface area contributed by atoms with Crippen LogP contribution < -0.4 is 0 Å². The van der Waals surface area contributed by atoms with Gasteiger partial charge in [-0.1, -0.05) is 0 Å². The van der Waals surface area contributed by atoms with Gasteiger partial charge >= 0.3 is 17.1 Å². The van der Waals surface area contributed by atoms with Gasteiger partial charge in [0.1, 0.15) is 0 Å². The first-order valence-corrected chi connectivity index (χ1v) is 4.29. The van der Waals surface area contributed by atoms with Gasteiger partial charge in [0, 0.05) is 0 Å². The standard InChI is InChI=1S/C5H3Cl2.C5H5.Fe/c6-4-2-1-3-5(4)7;1-2-4-5-3-1;/h1-3H;1-5H;/q;;+2. The summed E-state index contributed by atoms with van der Waals surface area (Å²) in [6.45, 7) is 0. The van der Waals surface area contributed by atoms with E-state index in [1.165, 1.54) is 0 Å². The van der Waals surface area contributed by atoms with Crippen molar-refractivity contribution in [3.63, 3.8) is 0 Å². The van der Waals surface area contributed by atoms with Gasteiger partial charge in [0.15, 0.2) is 0 Å². The zero-order chi connectivity index (χ0) is 8.81. The molecule has 2 saturated carbocycles. The molecule has 2 aliphatic rings. The Morgan fingerprint density at radius 3 is 1.08 bits per heavy atom. The van der Waals surface area contributed by atoms with E-state index < -0.39 is 0 Å². The molecule has 0 N–H and O–H groups in total. The van der Waals surface area contributed by atoms with Crippen LogP contribution in [0.3, 0.4) is 0 Å². The van der Waals surface area contributed by atoms with Crippen LogP contribution >= 0.6 is 23.2 Å². The molecule has 0 heterocycles. The van der Waals surface area contributed by atoms with Crippen molar-refractivity contribution < 1.29 is 17.1 Å². The maximum absolute atomic E-state index is 5.49. The minimum Gasteiger partial charge on any atom is -0.115 e. The van der Waals surface area contributed by atoms with Crippen molar-refractivity contribution in [3.05, 3.63) is 62.1 Å². The second-order valence-electron chi connectivity index (χ2n) is 2.18. The molecule has 10 radical (unpaired) electrons. The maximum Gasteiger partial charge on any atom is 2.00 e. The van der Waals surface area contributed by atoms with Crippen LogP contribution in [-0.4, -0.2) is 0 Å². The number of hydrogen-bond donors (Lipinski definition) is 0. The second kappa shape index (κ2) is 8.41. The van der Waals surface area contributed by atoms with Crippen molar-refractivity contribution >= 4 is 23.2 Å². The topological polar surface area (TPSA) is 0 Å². The number of rotatable bonds is 0. The number of hydrogen-bond acceptors (Lipinski definition) is 0. The van der Waals surface area contributed by atoms with Gasteiger partial charge in [-0.15, -0.1) is 23.2 Å². The summed E-state index contributed by atoms with van der Waals surface area (Å²) in [5.41, 5.74) is 0. The molecule has 0 aromatic carbocycles. The molecule has 2 rings (SSSR count). The van der Waals surface area contributed by atoms with E-state index in [9.17, 15) is 0 Å². The Bertz CT molecular complexity index is 99.9. The van der Waals surface area contributed by atoms with Gasteiger partial charge in [0.25, 0.3) is 0 Å². The molecule has 2 fully saturated rings. The Balaban J connectivity index is 0.000000215. The molecule has 0 amide bonds. The zero-order valence-corrected chi connectivity index (χ0v) is 9.34. The summed E-state index contributed by atoms with van der Waals surface area (Å²) in [4.78, 5) is 0. The summed E-state index contributed by atoms with van der Waals surface area (Å²) in [6, 6.07) is 0. The fourth-order valence-electron chi connectivity index (χ4n) is 0.697. The molecule has 0 nitrogen and oxygen atoms in total. The van der Waals surface area contributed by atoms with E-state index in [2.05, 4.69) is 0 Å². The van der Waals surface area contributed by atoms with Crippen LogP contribution in [0.5, 0.6) is 0 Å². The first-order chi connectivity index (χ1) is 5.80. The Kier molecular flexibility index (Phi) is 9.12. The van der Waals surface area contributed by atoms with E-state index >= 15 is 0 Å². The molecule has 0 saturated heterocycles. The summed E-state index contributed by atoms with van der Waals surface area (Å²) in [5.74, 6) is 0. The van der Waals surface area contributed by atoms with Crippen LogP contribution in [0.1, 0.15) is 0 Å². The minimum atomic E-state index is 0. The van der Waals surface area contributed by atoms with Crippen molar-refractivity contribution in [3.8, 4) is 0 Å². The minimum absolute atomic E-state index is 0. The molecule has 0 atom stereocenters. The van der Waals surface area contributed by atoms with Gasteiger partial charge in [-0.05, 0) is 51.4 Å². The third kappa shape index (κ3) is 6.23. The third-order valence-corrected chi connectivity index (χ3v) is 2.02. The van der Waals surface area contributed by atoms with Crippen LogP contribution in [0.25, 0.3) is 0 Å². The Morgan fingerprint density at radius 1 is 0.615 bits per heavy atom. The third-order valence-electron chi connectivity index (χ3n) is 1.27. The van der Waals surface area contributed by atoms with Crippen molar-refractivity contribution in [1.82, 2.24) is 0 Å². The molecule has 0 aromatic rings. The van der Waals surface area contributed by atoms with Crippen LogP contribution in [0.4, 0.5) is 0 Å². The predicted octanol–water partition coefficient (Wildman–Crippen LogP) is 3.17. The van der Waals surface area contributed by atoms with E-state index in [0.29, 0.717) is 10.8 Å². The second-order valence-corrected chi connectivity index (χ2v) is 3.00. The van der Waals surface area contributed by atoms with Crippen molar-refractivity contribution in [1.29, 1.82) is 0 Å². The summed E-state index contributed by atoms with van der Waals surface area (Å²) in [5, 5.41) is 1.25. The Hall–Kier alpha value is 1.10. The molecule has 2 aliphatic carbocycles. The molecule has 0 bridgehead atoms. The monoisotopic (exact) mass is 254 g/mol. The Morgan fingerprint density at radius 2 is 0.923 bits per heavy atom. The van der Waals surface area contributed by atoms with Crippen molar-refractivity contribution in [2.75, 3.05) is 0 Å². The first kappa shape index (κ1) is 14.1. The molecule has 13 heavy (non-hydrogen) atoms. The average molecular weight is 255 g/mol. The summed E-state index contributed by atoms with van der Waals surface area (Å²) < 4.78 is 0. The van der Waals surface area contributed by atoms with Crippen LogP contribution in [0.2, 0.25) is 0 Å². The van der Waals surface area contributed by atoms with E-state index in [1.807, 2.05) is 38.5 Å². The van der Waals surface area contributed by atoms with E-state index in [-0.39, 0.29) is 17.1 Å². The van der Waals surface area contributed by atoms with Gasteiger partial charge in [-0.25, -0.2) is 0 Å². The maximum atomic E-state index is 5.49. The van der Waals surface area contributed by atoms with Crippen LogP contribution in [0.15, 0.2) is 0 Å². The average Bonchev–Trinajstić information content (AvgIpc) is 2.67. The molecule has 68 valence electrons. The summed E-state index contributed by atoms with van der Waals surface area (Å²) in [6.07, 6.45) is 15.3. The molecular weight excluding hydrogens is 247 g/mol. The van der Waals surface area contributed by atoms with Gasteiger partial charge in [-0.3, -0.25) is 0 Å². The Labute approximate surface area is 102 Å². The molecule has 0 aromatic heterocycles. The SMILES string of the molecule is Cl[C]1[CH][CH][CH][C]1Cl.[CH]1[CH][CH][CH][CH]1.[Fe+2]. The zero-order valence-electron chi connectivity index (χ0n) is 6.73. The largest absolute Gasteiger partial charge is 2.00 e. The summed E-state index contributed by atoms with van der Waals surface area (Å²) in [7, 11) is 0. The van der Waals surface area contributed by atoms with Gasteiger partial charge < -0.3 is 0 Å². The predicted molar refractivity (Wildman–Crippen MR) is 52.6 cm³/mol. The summed E-state index contributed by atoms with van der Waals surface area (Å²) >= 11 is 11.0. The molecule has 0 spiro atoms. The molecule has 0 unspecified atom stereocenters. The van der Waals surface area contributed by atoms with Crippen LogP contribution in [-0.2, 0) is 17.1 Å². The smallest absolute Gasteiger partial charge is 0.115 e. The molecular formula is C10H8Cl2Fe+2. The van der Waals surface area contributed by atoms with Gasteiger partial charge in [-0.2, -0.15) is 0 Å². The van der Waals surface area contributed by atoms with Gasteiger partial charge in [0.2, 0.25) is 0 Å². The van der Waals surface area contributed by atoms with Crippen molar-refractivity contribution in [2.45, 2.75) is 0 Å². The fraction of sp³-hybridized carbons (Fsp3) is 0. The number of halogens is 2. The van der Waals surface area contributed by atoms with E-state index in [1.54, 1.807) is 12.8 Å². The molecule has 0 aliphatic heterocycles. The molecule has 3 heteroatoms. The van der Waals surface area contributed by atoms with Crippen molar-refractivity contribution in [2.24, 2.45) is 0 Å².